The number of benzene rings is 1. The van der Waals surface area contributed by atoms with Gasteiger partial charge in [0.05, 0.1) is 5.75 Å². The van der Waals surface area contributed by atoms with Crippen molar-refractivity contribution in [1.29, 1.82) is 0 Å². The third-order valence-corrected chi connectivity index (χ3v) is 5.02. The summed E-state index contributed by atoms with van der Waals surface area (Å²) in [6, 6.07) is 6.92. The minimum Gasteiger partial charge on any atom is -0.399 e. The lowest BCUT2D eigenvalue weighted by atomic mass is 10.1. The summed E-state index contributed by atoms with van der Waals surface area (Å²) in [5.74, 6) is 0.0385. The average Bonchev–Trinajstić information content (AvgIpc) is 2.77. The quantitative estimate of drug-likeness (QED) is 0.776. The molecule has 1 saturated heterocycles. The maximum absolute atomic E-state index is 12.2. The van der Waals surface area contributed by atoms with Crippen molar-refractivity contribution in [1.82, 2.24) is 4.31 Å². The van der Waals surface area contributed by atoms with Crippen LogP contribution in [0.5, 0.6) is 0 Å². The monoisotopic (exact) mass is 270 g/mol. The number of rotatable bonds is 4. The number of hydrogen-bond acceptors (Lipinski definition) is 4. The molecule has 1 unspecified atom stereocenters. The predicted octanol–water partition coefficient (Wildman–Crippen LogP) is 0.413. The van der Waals surface area contributed by atoms with Crippen LogP contribution in [-0.4, -0.2) is 37.5 Å². The van der Waals surface area contributed by atoms with E-state index in [2.05, 4.69) is 0 Å². The smallest absolute Gasteiger partial charge is 0.218 e. The Kier molecular flexibility index (Phi) is 3.89. The van der Waals surface area contributed by atoms with E-state index in [-0.39, 0.29) is 18.3 Å². The third kappa shape index (κ3) is 3.01. The fraction of sp³-hybridized carbons (Fsp3) is 0.500. The summed E-state index contributed by atoms with van der Waals surface area (Å²) >= 11 is 0. The van der Waals surface area contributed by atoms with Gasteiger partial charge in [0, 0.05) is 25.4 Å². The molecule has 0 bridgehead atoms. The van der Waals surface area contributed by atoms with Crippen LogP contribution in [0.25, 0.3) is 0 Å². The summed E-state index contributed by atoms with van der Waals surface area (Å²) in [5.41, 5.74) is 6.90. The van der Waals surface area contributed by atoms with Crippen LogP contribution >= 0.6 is 0 Å². The summed E-state index contributed by atoms with van der Waals surface area (Å²) in [7, 11) is -3.31. The molecule has 1 aromatic carbocycles. The van der Waals surface area contributed by atoms with E-state index in [9.17, 15) is 8.42 Å². The van der Waals surface area contributed by atoms with Gasteiger partial charge in [-0.2, -0.15) is 0 Å². The maximum Gasteiger partial charge on any atom is 0.218 e. The molecule has 0 aromatic heterocycles. The Labute approximate surface area is 107 Å². The first-order valence-electron chi connectivity index (χ1n) is 5.94. The standard InChI is InChI=1S/C12H18N2O3S/c13-12-3-1-2-10(6-12)9-18(16,17)14-5-4-11(7-14)8-15/h1-3,6,11,15H,4-5,7-9,13H2. The number of nitrogen functional groups attached to an aromatic ring is 1. The maximum atomic E-state index is 12.2. The first kappa shape index (κ1) is 13.3. The van der Waals surface area contributed by atoms with Gasteiger partial charge in [-0.3, -0.25) is 0 Å². The first-order chi connectivity index (χ1) is 8.51. The van der Waals surface area contributed by atoms with E-state index in [4.69, 9.17) is 10.8 Å². The minimum atomic E-state index is -3.31. The molecule has 1 aromatic rings. The summed E-state index contributed by atoms with van der Waals surface area (Å²) in [4.78, 5) is 0. The molecule has 1 atom stereocenters. The molecule has 1 fully saturated rings. The molecule has 0 radical (unpaired) electrons. The van der Waals surface area contributed by atoms with Gasteiger partial charge in [0.15, 0.2) is 0 Å². The Morgan fingerprint density at radius 2 is 2.22 bits per heavy atom. The van der Waals surface area contributed by atoms with Crippen molar-refractivity contribution in [2.45, 2.75) is 12.2 Å². The van der Waals surface area contributed by atoms with Gasteiger partial charge in [-0.1, -0.05) is 12.1 Å². The van der Waals surface area contributed by atoms with Gasteiger partial charge in [0.1, 0.15) is 0 Å². The highest BCUT2D eigenvalue weighted by atomic mass is 32.2. The highest BCUT2D eigenvalue weighted by Gasteiger charge is 2.30. The largest absolute Gasteiger partial charge is 0.399 e. The molecule has 1 aliphatic heterocycles. The van der Waals surface area contributed by atoms with Crippen molar-refractivity contribution >= 4 is 15.7 Å². The Morgan fingerprint density at radius 3 is 2.83 bits per heavy atom. The van der Waals surface area contributed by atoms with Crippen molar-refractivity contribution < 1.29 is 13.5 Å². The van der Waals surface area contributed by atoms with Crippen molar-refractivity contribution in [3.05, 3.63) is 29.8 Å². The van der Waals surface area contributed by atoms with Gasteiger partial charge in [-0.25, -0.2) is 12.7 Å². The van der Waals surface area contributed by atoms with Gasteiger partial charge < -0.3 is 10.8 Å². The molecule has 6 heteroatoms. The van der Waals surface area contributed by atoms with Crippen molar-refractivity contribution in [3.8, 4) is 0 Å². The molecule has 0 aliphatic carbocycles. The van der Waals surface area contributed by atoms with Gasteiger partial charge in [0.25, 0.3) is 0 Å². The Morgan fingerprint density at radius 1 is 1.44 bits per heavy atom. The molecular formula is C12H18N2O3S. The van der Waals surface area contributed by atoms with Crippen LogP contribution < -0.4 is 5.73 Å². The molecule has 5 nitrogen and oxygen atoms in total. The number of hydrogen-bond donors (Lipinski definition) is 2. The lowest BCUT2D eigenvalue weighted by Gasteiger charge is -2.16. The van der Waals surface area contributed by atoms with Crippen molar-refractivity contribution in [2.75, 3.05) is 25.4 Å². The van der Waals surface area contributed by atoms with Gasteiger partial charge in [-0.05, 0) is 30.0 Å². The fourth-order valence-electron chi connectivity index (χ4n) is 2.18. The zero-order chi connectivity index (χ0) is 13.2. The second kappa shape index (κ2) is 5.26. The zero-order valence-corrected chi connectivity index (χ0v) is 10.9. The van der Waals surface area contributed by atoms with E-state index in [1.807, 2.05) is 0 Å². The molecular weight excluding hydrogens is 252 g/mol. The number of nitrogens with two attached hydrogens (primary N) is 1. The van der Waals surface area contributed by atoms with Crippen LogP contribution in [0.3, 0.4) is 0 Å². The lowest BCUT2D eigenvalue weighted by molar-refractivity contribution is 0.233. The van der Waals surface area contributed by atoms with Gasteiger partial charge in [0.2, 0.25) is 10.0 Å². The van der Waals surface area contributed by atoms with Crippen LogP contribution in [0.15, 0.2) is 24.3 Å². The van der Waals surface area contributed by atoms with E-state index in [0.717, 1.165) is 6.42 Å². The molecule has 0 amide bonds. The summed E-state index contributed by atoms with van der Waals surface area (Å²) in [6.45, 7) is 0.960. The number of nitrogens with zero attached hydrogens (tertiary/aromatic N) is 1. The fourth-order valence-corrected chi connectivity index (χ4v) is 3.79. The number of anilines is 1. The molecule has 1 heterocycles. The van der Waals surface area contributed by atoms with E-state index in [1.54, 1.807) is 24.3 Å². The highest BCUT2D eigenvalue weighted by Crippen LogP contribution is 2.21. The Hall–Kier alpha value is -1.11. The van der Waals surface area contributed by atoms with Crippen molar-refractivity contribution in [3.63, 3.8) is 0 Å². The SMILES string of the molecule is Nc1cccc(CS(=O)(=O)N2CCC(CO)C2)c1. The predicted molar refractivity (Wildman–Crippen MR) is 70.2 cm³/mol. The van der Waals surface area contributed by atoms with Crippen LogP contribution in [0.4, 0.5) is 5.69 Å². The summed E-state index contributed by atoms with van der Waals surface area (Å²) in [5, 5.41) is 9.04. The Bertz CT molecular complexity index is 516. The molecule has 0 spiro atoms. The molecule has 100 valence electrons. The third-order valence-electron chi connectivity index (χ3n) is 3.20. The molecule has 1 aliphatic rings. The van der Waals surface area contributed by atoms with Crippen molar-refractivity contribution in [2.24, 2.45) is 5.92 Å². The van der Waals surface area contributed by atoms with Crippen LogP contribution in [0, 0.1) is 5.92 Å². The van der Waals surface area contributed by atoms with Crippen LogP contribution in [0.1, 0.15) is 12.0 Å². The second-order valence-electron chi connectivity index (χ2n) is 4.70. The average molecular weight is 270 g/mol. The normalized spacial score (nSPS) is 21.3. The molecule has 3 N–H and O–H groups in total. The van der Waals surface area contributed by atoms with Gasteiger partial charge >= 0.3 is 0 Å². The van der Waals surface area contributed by atoms with Crippen LogP contribution in [0.2, 0.25) is 0 Å². The van der Waals surface area contributed by atoms with E-state index < -0.39 is 10.0 Å². The number of sulfonamides is 1. The first-order valence-corrected chi connectivity index (χ1v) is 7.55. The lowest BCUT2D eigenvalue weighted by Crippen LogP contribution is -2.30. The number of aliphatic hydroxyl groups is 1. The molecule has 2 rings (SSSR count). The van der Waals surface area contributed by atoms with Gasteiger partial charge in [-0.15, -0.1) is 0 Å². The highest BCUT2D eigenvalue weighted by molar-refractivity contribution is 7.88. The second-order valence-corrected chi connectivity index (χ2v) is 6.67. The minimum absolute atomic E-state index is 0.0316. The summed E-state index contributed by atoms with van der Waals surface area (Å²) in [6.07, 6.45) is 0.729. The molecule has 18 heavy (non-hydrogen) atoms. The van der Waals surface area contributed by atoms with E-state index >= 15 is 0 Å². The number of aliphatic hydroxyl groups excluding tert-OH is 1. The Balaban J connectivity index is 2.08. The van der Waals surface area contributed by atoms with Crippen LogP contribution in [-0.2, 0) is 15.8 Å². The zero-order valence-electron chi connectivity index (χ0n) is 10.1. The van der Waals surface area contributed by atoms with E-state index in [1.165, 1.54) is 4.31 Å². The molecule has 0 saturated carbocycles. The van der Waals surface area contributed by atoms with E-state index in [0.29, 0.717) is 24.3 Å². The topological polar surface area (TPSA) is 83.6 Å². The summed E-state index contributed by atoms with van der Waals surface area (Å²) < 4.78 is 25.8.